The van der Waals surface area contributed by atoms with Crippen molar-refractivity contribution >= 4 is 43.6 Å². The van der Waals surface area contributed by atoms with E-state index in [2.05, 4.69) is 165 Å². The molecule has 7 aromatic carbocycles. The molecule has 0 saturated carbocycles. The van der Waals surface area contributed by atoms with Crippen LogP contribution in [0.4, 0.5) is 0 Å². The maximum atomic E-state index is 6.85. The molecule has 1 unspecified atom stereocenters. The van der Waals surface area contributed by atoms with Crippen molar-refractivity contribution < 1.29 is 4.74 Å². The Morgan fingerprint density at radius 2 is 1.30 bits per heavy atom. The minimum atomic E-state index is 0.326. The topological polar surface area (TPSA) is 9.23 Å². The summed E-state index contributed by atoms with van der Waals surface area (Å²) in [4.78, 5) is 0. The standard InChI is InChI=1S/C45H32O/c1-29-10-5-7-14-35(29)39-16-9-17-40-42-28-34(22-25-43(42)46-44(45(39)40)26-30-11-3-2-4-12-30)33-19-18-32-21-23-37-36-15-8-6-13-31(36)20-24-38(37)41(32)27-33/h2-25,27-29H,26H2,1H3. The molecule has 9 rings (SSSR count). The first kappa shape index (κ1) is 26.7. The fourth-order valence-corrected chi connectivity index (χ4v) is 7.39. The Balaban J connectivity index is 1.25. The summed E-state index contributed by atoms with van der Waals surface area (Å²) >= 11 is 0. The largest absolute Gasteiger partial charge is 0.460 e. The van der Waals surface area contributed by atoms with E-state index < -0.39 is 0 Å². The number of rotatable bonds is 3. The van der Waals surface area contributed by atoms with Gasteiger partial charge in [0.25, 0.3) is 0 Å². The molecule has 1 heteroatoms. The molecule has 0 saturated heterocycles. The molecule has 0 radical (unpaired) electrons. The van der Waals surface area contributed by atoms with E-state index >= 15 is 0 Å². The van der Waals surface area contributed by atoms with Crippen molar-refractivity contribution in [3.8, 4) is 28.0 Å². The lowest BCUT2D eigenvalue weighted by Gasteiger charge is -2.23. The van der Waals surface area contributed by atoms with Gasteiger partial charge in [0.15, 0.2) is 0 Å². The molecule has 1 nitrogen and oxygen atoms in total. The monoisotopic (exact) mass is 588 g/mol. The van der Waals surface area contributed by atoms with Gasteiger partial charge in [0.05, 0.1) is 0 Å². The third kappa shape index (κ3) is 4.39. The molecule has 1 aliphatic carbocycles. The maximum Gasteiger partial charge on any atom is 0.134 e. The van der Waals surface area contributed by atoms with Crippen LogP contribution in [-0.2, 0) is 6.42 Å². The highest BCUT2D eigenvalue weighted by Gasteiger charge is 2.22. The SMILES string of the molecule is CC1C=CC=CC1=c1cccc2c1=C(Cc1ccccc1)Oc1ccc(-c3ccc4ccc5c6ccccc6ccc5c4c3)cc1-2. The van der Waals surface area contributed by atoms with Gasteiger partial charge in [-0.15, -0.1) is 0 Å². The van der Waals surface area contributed by atoms with Crippen LogP contribution in [0.1, 0.15) is 12.5 Å². The Hall–Kier alpha value is -5.66. The summed E-state index contributed by atoms with van der Waals surface area (Å²) in [5.41, 5.74) is 7.32. The Labute approximate surface area is 268 Å². The lowest BCUT2D eigenvalue weighted by Crippen LogP contribution is -2.36. The number of fused-ring (bicyclic) bond motifs is 8. The van der Waals surface area contributed by atoms with Gasteiger partial charge < -0.3 is 4.74 Å². The van der Waals surface area contributed by atoms with Crippen LogP contribution in [0.25, 0.3) is 65.9 Å². The first-order valence-electron chi connectivity index (χ1n) is 16.1. The summed E-state index contributed by atoms with van der Waals surface area (Å²) in [6.45, 7) is 2.27. The minimum Gasteiger partial charge on any atom is -0.460 e. The number of hydrogen-bond donors (Lipinski definition) is 0. The van der Waals surface area contributed by atoms with E-state index in [9.17, 15) is 0 Å². The second kappa shape index (κ2) is 10.8. The normalized spacial score (nSPS) is 16.5. The summed E-state index contributed by atoms with van der Waals surface area (Å²) < 4.78 is 6.85. The smallest absolute Gasteiger partial charge is 0.134 e. The molecule has 0 amide bonds. The van der Waals surface area contributed by atoms with Gasteiger partial charge in [0.2, 0.25) is 0 Å². The van der Waals surface area contributed by atoms with E-state index in [-0.39, 0.29) is 0 Å². The number of benzene rings is 7. The lowest BCUT2D eigenvalue weighted by atomic mass is 9.88. The van der Waals surface area contributed by atoms with Crippen LogP contribution in [0, 0.1) is 5.92 Å². The van der Waals surface area contributed by atoms with E-state index in [0.717, 1.165) is 23.5 Å². The van der Waals surface area contributed by atoms with Crippen LogP contribution in [-0.4, -0.2) is 0 Å². The number of hydrogen-bond acceptors (Lipinski definition) is 1. The molecular weight excluding hydrogens is 556 g/mol. The highest BCUT2D eigenvalue weighted by molar-refractivity contribution is 6.17. The molecule has 2 aliphatic rings. The van der Waals surface area contributed by atoms with E-state index in [1.807, 2.05) is 0 Å². The van der Waals surface area contributed by atoms with E-state index in [1.54, 1.807) is 0 Å². The van der Waals surface area contributed by atoms with Crippen LogP contribution in [0.3, 0.4) is 0 Å². The average molecular weight is 589 g/mol. The van der Waals surface area contributed by atoms with Gasteiger partial charge >= 0.3 is 0 Å². The van der Waals surface area contributed by atoms with Gasteiger partial charge in [-0.05, 0) is 89.5 Å². The summed E-state index contributed by atoms with van der Waals surface area (Å²) in [5, 5.41) is 10.1. The van der Waals surface area contributed by atoms with E-state index in [4.69, 9.17) is 4.74 Å². The van der Waals surface area contributed by atoms with Gasteiger partial charge in [-0.2, -0.15) is 0 Å². The zero-order valence-corrected chi connectivity index (χ0v) is 25.7. The Morgan fingerprint density at radius 3 is 2.17 bits per heavy atom. The van der Waals surface area contributed by atoms with Gasteiger partial charge in [-0.25, -0.2) is 0 Å². The lowest BCUT2D eigenvalue weighted by molar-refractivity contribution is 0.489. The van der Waals surface area contributed by atoms with Gasteiger partial charge in [-0.3, -0.25) is 0 Å². The Bertz CT molecular complexity index is 2530. The van der Waals surface area contributed by atoms with Gasteiger partial charge in [0.1, 0.15) is 11.5 Å². The molecular formula is C45H32O. The molecule has 46 heavy (non-hydrogen) atoms. The fraction of sp³-hybridized carbons (Fsp3) is 0.0667. The second-order valence-corrected chi connectivity index (χ2v) is 12.5. The molecule has 0 spiro atoms. The molecule has 0 fully saturated rings. The molecule has 1 atom stereocenters. The van der Waals surface area contributed by atoms with Crippen molar-refractivity contribution in [1.29, 1.82) is 0 Å². The van der Waals surface area contributed by atoms with Crippen molar-refractivity contribution in [3.05, 3.63) is 174 Å². The van der Waals surface area contributed by atoms with Crippen LogP contribution >= 0.6 is 0 Å². The maximum absolute atomic E-state index is 6.85. The first-order chi connectivity index (χ1) is 22.7. The Kier molecular flexibility index (Phi) is 6.24. The van der Waals surface area contributed by atoms with Crippen molar-refractivity contribution in [2.75, 3.05) is 0 Å². The second-order valence-electron chi connectivity index (χ2n) is 12.5. The predicted molar refractivity (Wildman–Crippen MR) is 194 cm³/mol. The molecule has 1 aliphatic heterocycles. The van der Waals surface area contributed by atoms with Crippen molar-refractivity contribution in [2.45, 2.75) is 13.3 Å². The predicted octanol–water partition coefficient (Wildman–Crippen LogP) is 10.1. The quantitative estimate of drug-likeness (QED) is 0.187. The molecule has 218 valence electrons. The zero-order valence-electron chi connectivity index (χ0n) is 25.7. The summed E-state index contributed by atoms with van der Waals surface area (Å²) in [5.74, 6) is 2.24. The molecule has 1 heterocycles. The summed E-state index contributed by atoms with van der Waals surface area (Å²) in [6, 6.07) is 48.6. The van der Waals surface area contributed by atoms with E-state index in [0.29, 0.717) is 5.92 Å². The van der Waals surface area contributed by atoms with Crippen molar-refractivity contribution in [2.24, 2.45) is 5.92 Å². The Morgan fingerprint density at radius 1 is 0.565 bits per heavy atom. The summed E-state index contributed by atoms with van der Waals surface area (Å²) in [7, 11) is 0. The molecule has 0 bridgehead atoms. The van der Waals surface area contributed by atoms with Crippen LogP contribution in [0.15, 0.2) is 158 Å². The van der Waals surface area contributed by atoms with E-state index in [1.165, 1.54) is 70.6 Å². The fourth-order valence-electron chi connectivity index (χ4n) is 7.39. The third-order valence-electron chi connectivity index (χ3n) is 9.72. The third-order valence-corrected chi connectivity index (χ3v) is 9.72. The summed E-state index contributed by atoms with van der Waals surface area (Å²) in [6.07, 6.45) is 9.56. The molecule has 0 N–H and O–H groups in total. The average Bonchev–Trinajstić information content (AvgIpc) is 3.11. The molecule has 7 aromatic rings. The van der Waals surface area contributed by atoms with Gasteiger partial charge in [-0.1, -0.05) is 146 Å². The van der Waals surface area contributed by atoms with Gasteiger partial charge in [0, 0.05) is 17.2 Å². The highest BCUT2D eigenvalue weighted by atomic mass is 16.5. The van der Waals surface area contributed by atoms with Crippen LogP contribution in [0.2, 0.25) is 0 Å². The highest BCUT2D eigenvalue weighted by Crippen LogP contribution is 2.39. The number of ether oxygens (including phenoxy) is 1. The van der Waals surface area contributed by atoms with Crippen LogP contribution in [0.5, 0.6) is 5.75 Å². The van der Waals surface area contributed by atoms with Crippen molar-refractivity contribution in [3.63, 3.8) is 0 Å². The van der Waals surface area contributed by atoms with Crippen molar-refractivity contribution in [1.82, 2.24) is 0 Å². The number of allylic oxidation sites excluding steroid dienone is 4. The first-order valence-corrected chi connectivity index (χ1v) is 16.1. The zero-order chi connectivity index (χ0) is 30.6. The molecule has 0 aromatic heterocycles. The minimum absolute atomic E-state index is 0.326. The van der Waals surface area contributed by atoms with Crippen LogP contribution < -0.4 is 15.2 Å².